The lowest BCUT2D eigenvalue weighted by atomic mass is 11.8. The fourth-order valence-electron chi connectivity index (χ4n) is 0.787. The first kappa shape index (κ1) is 9.17. The van der Waals surface area contributed by atoms with Gasteiger partial charge >= 0.3 is 0 Å². The van der Waals surface area contributed by atoms with Gasteiger partial charge in [0.1, 0.15) is 9.84 Å². The van der Waals surface area contributed by atoms with Crippen molar-refractivity contribution in [2.45, 2.75) is 19.6 Å². The average molecular weight is 166 g/mol. The Balaban J connectivity index is 4.07. The topological polar surface area (TPSA) is 34.1 Å². The maximum atomic E-state index is 10.7. The summed E-state index contributed by atoms with van der Waals surface area (Å²) in [6.45, 7) is 6.15. The van der Waals surface area contributed by atoms with Crippen LogP contribution >= 0.6 is 0 Å². The second-order valence-electron chi connectivity index (χ2n) is 3.63. The van der Waals surface area contributed by atoms with E-state index in [0.717, 1.165) is 0 Å². The van der Waals surface area contributed by atoms with Gasteiger partial charge in [-0.2, -0.15) is 0 Å². The van der Waals surface area contributed by atoms with Crippen molar-refractivity contribution < 1.29 is 8.42 Å². The van der Waals surface area contributed by atoms with Crippen LogP contribution in [0.1, 0.15) is 0 Å². The number of rotatable bonds is 2. The van der Waals surface area contributed by atoms with Gasteiger partial charge in [-0.1, -0.05) is 19.6 Å². The van der Waals surface area contributed by atoms with Crippen LogP contribution in [0.5, 0.6) is 0 Å². The Morgan fingerprint density at radius 2 is 1.56 bits per heavy atom. The van der Waals surface area contributed by atoms with E-state index in [9.17, 15) is 8.42 Å². The molecule has 0 spiro atoms. The summed E-state index contributed by atoms with van der Waals surface area (Å²) >= 11 is 0. The van der Waals surface area contributed by atoms with Crippen molar-refractivity contribution in [3.8, 4) is 0 Å². The Bertz CT molecular complexity index is 176. The predicted molar refractivity (Wildman–Crippen MR) is 43.1 cm³/mol. The smallest absolute Gasteiger partial charge is 0.144 e. The van der Waals surface area contributed by atoms with Gasteiger partial charge < -0.3 is 0 Å². The number of hydrogen-bond acceptors (Lipinski definition) is 2. The molecule has 0 saturated carbocycles. The third-order valence-electron chi connectivity index (χ3n) is 0.695. The summed E-state index contributed by atoms with van der Waals surface area (Å²) in [5.74, 6) is 0. The summed E-state index contributed by atoms with van der Waals surface area (Å²) in [4.78, 5) is 0. The molecule has 0 aromatic carbocycles. The van der Waals surface area contributed by atoms with Gasteiger partial charge in [-0.05, 0) is 0 Å². The molecule has 0 aromatic heterocycles. The summed E-state index contributed by atoms with van der Waals surface area (Å²) in [6, 6.07) is 0. The van der Waals surface area contributed by atoms with Crippen molar-refractivity contribution in [2.24, 2.45) is 0 Å². The Morgan fingerprint density at radius 3 is 1.56 bits per heavy atom. The van der Waals surface area contributed by atoms with Gasteiger partial charge in [-0.3, -0.25) is 0 Å². The quantitative estimate of drug-likeness (QED) is 0.571. The zero-order chi connectivity index (χ0) is 7.71. The highest BCUT2D eigenvalue weighted by molar-refractivity contribution is 7.92. The van der Waals surface area contributed by atoms with Crippen molar-refractivity contribution in [2.75, 3.05) is 11.6 Å². The van der Waals surface area contributed by atoms with Crippen molar-refractivity contribution >= 4 is 17.9 Å². The van der Waals surface area contributed by atoms with Crippen molar-refractivity contribution in [1.29, 1.82) is 0 Å². The lowest BCUT2D eigenvalue weighted by Gasteiger charge is -2.12. The predicted octanol–water partition coefficient (Wildman–Crippen LogP) is 0.908. The van der Waals surface area contributed by atoms with E-state index < -0.39 is 17.9 Å². The minimum absolute atomic E-state index is 0.403. The first-order chi connectivity index (χ1) is 3.71. The van der Waals surface area contributed by atoms with Crippen molar-refractivity contribution in [3.05, 3.63) is 0 Å². The molecule has 0 radical (unpaired) electrons. The molecule has 0 bridgehead atoms. The first-order valence-electron chi connectivity index (χ1n) is 2.88. The van der Waals surface area contributed by atoms with Gasteiger partial charge in [0.05, 0.1) is 8.07 Å². The second kappa shape index (κ2) is 2.42. The molecule has 0 N–H and O–H groups in total. The maximum absolute atomic E-state index is 10.7. The van der Waals surface area contributed by atoms with Crippen LogP contribution in [0.2, 0.25) is 19.6 Å². The Hall–Kier alpha value is 0.167. The summed E-state index contributed by atoms with van der Waals surface area (Å²) < 4.78 is 21.4. The molecule has 9 heavy (non-hydrogen) atoms. The van der Waals surface area contributed by atoms with Crippen molar-refractivity contribution in [3.63, 3.8) is 0 Å². The van der Waals surface area contributed by atoms with E-state index in [1.165, 1.54) is 6.26 Å². The molecular weight excluding hydrogens is 152 g/mol. The third kappa shape index (κ3) is 8.17. The van der Waals surface area contributed by atoms with Crippen LogP contribution in [0.15, 0.2) is 0 Å². The monoisotopic (exact) mass is 166 g/mol. The molecule has 0 rings (SSSR count). The maximum Gasteiger partial charge on any atom is 0.144 e. The fourth-order valence-corrected chi connectivity index (χ4v) is 7.08. The average Bonchev–Trinajstić information content (AvgIpc) is 1.14. The lowest BCUT2D eigenvalue weighted by Crippen LogP contribution is -2.31. The number of sulfone groups is 1. The standard InChI is InChI=1S/C5H14O2SSi/c1-8(6,7)5-9(2,3)4/h5H2,1-4H3. The van der Waals surface area contributed by atoms with Crippen LogP contribution in [0, 0.1) is 0 Å². The molecule has 0 heterocycles. The Morgan fingerprint density at radius 1 is 1.22 bits per heavy atom. The summed E-state index contributed by atoms with van der Waals surface area (Å²) in [5.41, 5.74) is 0. The van der Waals surface area contributed by atoms with Crippen LogP contribution in [0.3, 0.4) is 0 Å². The third-order valence-corrected chi connectivity index (χ3v) is 6.26. The molecule has 0 amide bonds. The molecule has 2 nitrogen and oxygen atoms in total. The minimum Gasteiger partial charge on any atom is -0.229 e. The molecule has 0 unspecified atom stereocenters. The van der Waals surface area contributed by atoms with E-state index in [2.05, 4.69) is 0 Å². The molecule has 56 valence electrons. The molecule has 4 heteroatoms. The van der Waals surface area contributed by atoms with E-state index in [4.69, 9.17) is 0 Å². The van der Waals surface area contributed by atoms with E-state index in [1.807, 2.05) is 19.6 Å². The Labute approximate surface area is 58.2 Å². The molecular formula is C5H14O2SSi. The summed E-state index contributed by atoms with van der Waals surface area (Å²) in [5, 5.41) is 0.403. The molecule has 0 aliphatic rings. The lowest BCUT2D eigenvalue weighted by molar-refractivity contribution is 0.605. The van der Waals surface area contributed by atoms with Gasteiger partial charge in [0.25, 0.3) is 0 Å². The van der Waals surface area contributed by atoms with E-state index in [0.29, 0.717) is 5.38 Å². The SMILES string of the molecule is C[Si](C)(C)CS(C)(=O)=O. The highest BCUT2D eigenvalue weighted by Crippen LogP contribution is 2.02. The zero-order valence-corrected chi connectivity index (χ0v) is 8.25. The zero-order valence-electron chi connectivity index (χ0n) is 6.43. The second-order valence-corrected chi connectivity index (χ2v) is 11.8. The Kier molecular flexibility index (Phi) is 2.46. The van der Waals surface area contributed by atoms with Gasteiger partial charge in [0.2, 0.25) is 0 Å². The normalized spacial score (nSPS) is 13.8. The van der Waals surface area contributed by atoms with Gasteiger partial charge in [0, 0.05) is 11.6 Å². The minimum atomic E-state index is -2.72. The van der Waals surface area contributed by atoms with Crippen LogP contribution in [0.25, 0.3) is 0 Å². The van der Waals surface area contributed by atoms with E-state index in [1.54, 1.807) is 0 Å². The summed E-state index contributed by atoms with van der Waals surface area (Å²) in [6.07, 6.45) is 1.30. The van der Waals surface area contributed by atoms with Crippen LogP contribution < -0.4 is 0 Å². The van der Waals surface area contributed by atoms with Gasteiger partial charge in [0.15, 0.2) is 0 Å². The van der Waals surface area contributed by atoms with Crippen molar-refractivity contribution in [1.82, 2.24) is 0 Å². The van der Waals surface area contributed by atoms with Gasteiger partial charge in [-0.15, -0.1) is 0 Å². The highest BCUT2D eigenvalue weighted by atomic mass is 32.2. The molecule has 0 aromatic rings. The number of hydrogen-bond donors (Lipinski definition) is 0. The molecule has 0 atom stereocenters. The molecule has 0 saturated heterocycles. The first-order valence-corrected chi connectivity index (χ1v) is 8.65. The van der Waals surface area contributed by atoms with Crippen LogP contribution in [-0.2, 0) is 9.84 Å². The highest BCUT2D eigenvalue weighted by Gasteiger charge is 2.18. The fraction of sp³-hybridized carbons (Fsp3) is 1.00. The van der Waals surface area contributed by atoms with E-state index in [-0.39, 0.29) is 0 Å². The summed E-state index contributed by atoms with van der Waals surface area (Å²) in [7, 11) is -4.10. The van der Waals surface area contributed by atoms with Gasteiger partial charge in [-0.25, -0.2) is 8.42 Å². The van der Waals surface area contributed by atoms with E-state index >= 15 is 0 Å². The largest absolute Gasteiger partial charge is 0.229 e. The molecule has 0 aliphatic carbocycles. The van der Waals surface area contributed by atoms with Crippen LogP contribution in [0.4, 0.5) is 0 Å². The molecule has 0 aliphatic heterocycles. The molecule has 0 fully saturated rings. The van der Waals surface area contributed by atoms with Crippen LogP contribution in [-0.4, -0.2) is 28.1 Å².